The summed E-state index contributed by atoms with van der Waals surface area (Å²) in [5, 5.41) is 3.91. The SMILES string of the molecule is CCCNC(=O)[C@@H](CC)N(Cc1c(Cl)cccc1Cl)C(=O)CN(c1ccc(Cl)cc1)S(=O)(=O)c1ccc(C)cc1. The van der Waals surface area contributed by atoms with E-state index in [0.717, 1.165) is 9.87 Å². The van der Waals surface area contributed by atoms with Crippen LogP contribution < -0.4 is 9.62 Å². The van der Waals surface area contributed by atoms with E-state index in [4.69, 9.17) is 34.8 Å². The third-order valence-corrected chi connectivity index (χ3v) is 9.08. The second kappa shape index (κ2) is 14.2. The fourth-order valence-electron chi connectivity index (χ4n) is 4.11. The van der Waals surface area contributed by atoms with Gasteiger partial charge in [0.2, 0.25) is 11.8 Å². The van der Waals surface area contributed by atoms with Gasteiger partial charge >= 0.3 is 0 Å². The van der Waals surface area contributed by atoms with Gasteiger partial charge in [-0.25, -0.2) is 8.42 Å². The van der Waals surface area contributed by atoms with Crippen LogP contribution in [0.25, 0.3) is 0 Å². The molecule has 0 fully saturated rings. The minimum Gasteiger partial charge on any atom is -0.354 e. The van der Waals surface area contributed by atoms with Gasteiger partial charge in [0.05, 0.1) is 10.6 Å². The van der Waals surface area contributed by atoms with Crippen LogP contribution in [-0.2, 0) is 26.2 Å². The highest BCUT2D eigenvalue weighted by atomic mass is 35.5. The molecule has 0 aliphatic carbocycles. The maximum Gasteiger partial charge on any atom is 0.264 e. The summed E-state index contributed by atoms with van der Waals surface area (Å²) in [4.78, 5) is 28.6. The van der Waals surface area contributed by atoms with E-state index in [9.17, 15) is 18.0 Å². The van der Waals surface area contributed by atoms with E-state index in [1.165, 1.54) is 29.2 Å². The molecule has 0 saturated heterocycles. The quantitative estimate of drug-likeness (QED) is 0.250. The van der Waals surface area contributed by atoms with Crippen molar-refractivity contribution < 1.29 is 18.0 Å². The predicted octanol–water partition coefficient (Wildman–Crippen LogP) is 6.48. The molecule has 0 spiro atoms. The van der Waals surface area contributed by atoms with Crippen molar-refractivity contribution in [3.8, 4) is 0 Å². The summed E-state index contributed by atoms with van der Waals surface area (Å²) in [6, 6.07) is 16.6. The van der Waals surface area contributed by atoms with E-state index in [2.05, 4.69) is 5.32 Å². The molecular weight excluding hydrogens is 593 g/mol. The summed E-state index contributed by atoms with van der Waals surface area (Å²) in [5.41, 5.74) is 1.60. The Hall–Kier alpha value is -2.78. The lowest BCUT2D eigenvalue weighted by atomic mass is 10.1. The molecule has 40 heavy (non-hydrogen) atoms. The standard InChI is InChI=1S/C29H32Cl3N3O4S/c1-4-17-33-29(37)27(5-2)34(18-24-25(31)7-6-8-26(24)32)28(36)19-35(22-13-11-21(30)12-14-22)40(38,39)23-15-9-20(3)10-16-23/h6-16,27H,4-5,17-19H2,1-3H3,(H,33,37)/t27-/m1/s1. The third kappa shape index (κ3) is 7.69. The van der Waals surface area contributed by atoms with Crippen molar-refractivity contribution in [1.82, 2.24) is 10.2 Å². The average Bonchev–Trinajstić information content (AvgIpc) is 2.92. The molecule has 0 bridgehead atoms. The van der Waals surface area contributed by atoms with Gasteiger partial charge in [-0.3, -0.25) is 13.9 Å². The van der Waals surface area contributed by atoms with E-state index in [0.29, 0.717) is 33.6 Å². The number of anilines is 1. The largest absolute Gasteiger partial charge is 0.354 e. The Morgan fingerprint density at radius 1 is 0.900 bits per heavy atom. The molecule has 0 radical (unpaired) electrons. The summed E-state index contributed by atoms with van der Waals surface area (Å²) in [5.74, 6) is -0.944. The van der Waals surface area contributed by atoms with Crippen molar-refractivity contribution >= 4 is 62.3 Å². The van der Waals surface area contributed by atoms with Gasteiger partial charge in [0.1, 0.15) is 12.6 Å². The Kier molecular flexibility index (Phi) is 11.3. The third-order valence-electron chi connectivity index (χ3n) is 6.33. The van der Waals surface area contributed by atoms with Crippen molar-refractivity contribution in [3.05, 3.63) is 92.9 Å². The van der Waals surface area contributed by atoms with E-state index in [1.54, 1.807) is 49.4 Å². The van der Waals surface area contributed by atoms with Crippen LogP contribution in [-0.4, -0.2) is 44.3 Å². The maximum absolute atomic E-state index is 14.1. The van der Waals surface area contributed by atoms with Crippen molar-refractivity contribution in [2.45, 2.75) is 51.1 Å². The van der Waals surface area contributed by atoms with Crippen LogP contribution in [0.15, 0.2) is 71.6 Å². The number of rotatable bonds is 12. The van der Waals surface area contributed by atoms with Crippen LogP contribution in [0.3, 0.4) is 0 Å². The van der Waals surface area contributed by atoms with Gasteiger partial charge < -0.3 is 10.2 Å². The lowest BCUT2D eigenvalue weighted by Crippen LogP contribution is -2.52. The fraction of sp³-hybridized carbons (Fsp3) is 0.310. The molecule has 0 saturated carbocycles. The molecule has 3 aromatic rings. The molecule has 11 heteroatoms. The Morgan fingerprint density at radius 2 is 1.50 bits per heavy atom. The number of amides is 2. The molecule has 3 rings (SSSR count). The molecule has 3 aromatic carbocycles. The number of halogens is 3. The van der Waals surface area contributed by atoms with Crippen LogP contribution in [0.1, 0.15) is 37.8 Å². The van der Waals surface area contributed by atoms with Crippen molar-refractivity contribution in [2.75, 3.05) is 17.4 Å². The normalized spacial score (nSPS) is 12.1. The molecule has 0 heterocycles. The first-order valence-corrected chi connectivity index (χ1v) is 15.4. The molecular formula is C29H32Cl3N3O4S. The number of nitrogens with zero attached hydrogens (tertiary/aromatic N) is 2. The number of benzene rings is 3. The van der Waals surface area contributed by atoms with Gasteiger partial charge in [0, 0.05) is 33.7 Å². The fourth-order valence-corrected chi connectivity index (χ4v) is 6.17. The maximum atomic E-state index is 14.1. The highest BCUT2D eigenvalue weighted by molar-refractivity contribution is 7.92. The Labute approximate surface area is 251 Å². The van der Waals surface area contributed by atoms with Crippen LogP contribution in [0.4, 0.5) is 5.69 Å². The first-order valence-electron chi connectivity index (χ1n) is 12.8. The van der Waals surface area contributed by atoms with Crippen LogP contribution in [0, 0.1) is 6.92 Å². The van der Waals surface area contributed by atoms with Gasteiger partial charge in [-0.1, -0.05) is 72.4 Å². The van der Waals surface area contributed by atoms with E-state index >= 15 is 0 Å². The second-order valence-electron chi connectivity index (χ2n) is 9.24. The molecule has 7 nitrogen and oxygen atoms in total. The summed E-state index contributed by atoms with van der Waals surface area (Å²) in [6.45, 7) is 5.33. The van der Waals surface area contributed by atoms with E-state index < -0.39 is 28.5 Å². The average molecular weight is 625 g/mol. The number of aryl methyl sites for hydroxylation is 1. The van der Waals surface area contributed by atoms with Crippen molar-refractivity contribution in [1.29, 1.82) is 0 Å². The number of nitrogens with one attached hydrogen (secondary N) is 1. The Bertz CT molecular complexity index is 1410. The van der Waals surface area contributed by atoms with Crippen LogP contribution in [0.2, 0.25) is 15.1 Å². The van der Waals surface area contributed by atoms with Crippen LogP contribution >= 0.6 is 34.8 Å². The minimum atomic E-state index is -4.18. The lowest BCUT2D eigenvalue weighted by molar-refractivity contribution is -0.140. The van der Waals surface area contributed by atoms with E-state index in [1.807, 2.05) is 13.8 Å². The summed E-state index contributed by atoms with van der Waals surface area (Å²) in [7, 11) is -4.18. The predicted molar refractivity (Wildman–Crippen MR) is 162 cm³/mol. The van der Waals surface area contributed by atoms with Gasteiger partial charge in [0.25, 0.3) is 10.0 Å². The number of hydrogen-bond acceptors (Lipinski definition) is 4. The number of hydrogen-bond donors (Lipinski definition) is 1. The number of carbonyl (C=O) groups excluding carboxylic acids is 2. The summed E-state index contributed by atoms with van der Waals surface area (Å²) in [6.07, 6.45) is 1.00. The zero-order valence-electron chi connectivity index (χ0n) is 22.5. The van der Waals surface area contributed by atoms with Crippen molar-refractivity contribution in [3.63, 3.8) is 0 Å². The second-order valence-corrected chi connectivity index (χ2v) is 12.4. The molecule has 2 amide bonds. The molecule has 1 N–H and O–H groups in total. The van der Waals surface area contributed by atoms with Gasteiger partial charge in [-0.15, -0.1) is 0 Å². The molecule has 214 valence electrons. The molecule has 0 aliphatic heterocycles. The van der Waals surface area contributed by atoms with Crippen LogP contribution in [0.5, 0.6) is 0 Å². The molecule has 0 unspecified atom stereocenters. The smallest absolute Gasteiger partial charge is 0.264 e. The minimum absolute atomic E-state index is 0.0225. The molecule has 0 aromatic heterocycles. The summed E-state index contributed by atoms with van der Waals surface area (Å²) >= 11 is 18.9. The molecule has 0 aliphatic rings. The topological polar surface area (TPSA) is 86.8 Å². The Morgan fingerprint density at radius 3 is 2.05 bits per heavy atom. The first kappa shape index (κ1) is 31.7. The zero-order chi connectivity index (χ0) is 29.4. The number of carbonyl (C=O) groups is 2. The monoisotopic (exact) mass is 623 g/mol. The lowest BCUT2D eigenvalue weighted by Gasteiger charge is -2.33. The highest BCUT2D eigenvalue weighted by Crippen LogP contribution is 2.29. The summed E-state index contributed by atoms with van der Waals surface area (Å²) < 4.78 is 28.8. The van der Waals surface area contributed by atoms with E-state index in [-0.39, 0.29) is 29.5 Å². The zero-order valence-corrected chi connectivity index (χ0v) is 25.6. The highest BCUT2D eigenvalue weighted by Gasteiger charge is 2.34. The Balaban J connectivity index is 2.08. The number of sulfonamides is 1. The van der Waals surface area contributed by atoms with Gasteiger partial charge in [-0.2, -0.15) is 0 Å². The van der Waals surface area contributed by atoms with Crippen molar-refractivity contribution in [2.24, 2.45) is 0 Å². The van der Waals surface area contributed by atoms with Gasteiger partial charge in [-0.05, 0) is 68.3 Å². The van der Waals surface area contributed by atoms with Gasteiger partial charge in [0.15, 0.2) is 0 Å². The first-order chi connectivity index (χ1) is 19.0. The molecule has 1 atom stereocenters.